The molecule has 0 radical (unpaired) electrons. The first-order chi connectivity index (χ1) is 9.56. The number of aliphatic carboxylic acids is 1. The van der Waals surface area contributed by atoms with Crippen LogP contribution in [-0.2, 0) is 4.79 Å². The molecule has 0 aliphatic carbocycles. The van der Waals surface area contributed by atoms with Crippen LogP contribution in [0.1, 0.15) is 33.6 Å². The molecule has 7 heteroatoms. The summed E-state index contributed by atoms with van der Waals surface area (Å²) in [6.45, 7) is 0.341. The Hall–Kier alpha value is -2.25. The highest BCUT2D eigenvalue weighted by Crippen LogP contribution is 2.21. The van der Waals surface area contributed by atoms with Gasteiger partial charge in [-0.15, -0.1) is 0 Å². The lowest BCUT2D eigenvalue weighted by Gasteiger charge is -2.20. The third-order valence-corrected chi connectivity index (χ3v) is 3.07. The number of carboxylic acid groups (broad SMARTS) is 1. The van der Waals surface area contributed by atoms with Crippen molar-refractivity contribution >= 4 is 17.8 Å². The van der Waals surface area contributed by atoms with Gasteiger partial charge in [-0.25, -0.2) is 10.4 Å². The van der Waals surface area contributed by atoms with Gasteiger partial charge in [0.1, 0.15) is 6.04 Å². The summed E-state index contributed by atoms with van der Waals surface area (Å²) in [6.07, 6.45) is 0.715. The standard InChI is InChI=1S/C13H15N3O4/c14-7-3-6-10(13(19)20)15-16-11(17)8-4-1-2-5-9(8)12(16)18/h1-2,4-5,10,15H,3,6-7,14H2,(H,19,20)/t10-/m1/s1. The zero-order valence-electron chi connectivity index (χ0n) is 10.7. The van der Waals surface area contributed by atoms with Gasteiger partial charge in [0.2, 0.25) is 0 Å². The van der Waals surface area contributed by atoms with E-state index >= 15 is 0 Å². The number of hydrazine groups is 1. The molecule has 7 nitrogen and oxygen atoms in total. The third kappa shape index (κ3) is 2.54. The summed E-state index contributed by atoms with van der Waals surface area (Å²) in [5, 5.41) is 9.86. The Morgan fingerprint density at radius 3 is 2.25 bits per heavy atom. The van der Waals surface area contributed by atoms with E-state index in [0.717, 1.165) is 5.01 Å². The molecule has 1 aromatic carbocycles. The molecule has 20 heavy (non-hydrogen) atoms. The average molecular weight is 277 g/mol. The van der Waals surface area contributed by atoms with Crippen molar-refractivity contribution in [1.29, 1.82) is 0 Å². The van der Waals surface area contributed by atoms with Crippen LogP contribution in [-0.4, -0.2) is 40.5 Å². The van der Waals surface area contributed by atoms with Gasteiger partial charge in [-0.2, -0.15) is 0 Å². The number of carboxylic acids is 1. The molecule has 0 spiro atoms. The molecule has 0 bridgehead atoms. The third-order valence-electron chi connectivity index (χ3n) is 3.07. The van der Waals surface area contributed by atoms with Crippen molar-refractivity contribution in [3.8, 4) is 0 Å². The highest BCUT2D eigenvalue weighted by molar-refractivity contribution is 6.21. The Morgan fingerprint density at radius 1 is 1.25 bits per heavy atom. The molecule has 1 aromatic rings. The molecule has 1 atom stereocenters. The Kier molecular flexibility index (Phi) is 4.11. The van der Waals surface area contributed by atoms with Crippen molar-refractivity contribution in [1.82, 2.24) is 10.4 Å². The summed E-state index contributed by atoms with van der Waals surface area (Å²) in [5.41, 5.74) is 8.36. The Bertz CT molecular complexity index is 523. The number of carbonyl (C=O) groups is 3. The second-order valence-electron chi connectivity index (χ2n) is 4.44. The van der Waals surface area contributed by atoms with Crippen LogP contribution in [0.5, 0.6) is 0 Å². The van der Waals surface area contributed by atoms with E-state index < -0.39 is 23.8 Å². The maximum atomic E-state index is 12.1. The van der Waals surface area contributed by atoms with Gasteiger partial charge >= 0.3 is 5.97 Å². The van der Waals surface area contributed by atoms with Crippen molar-refractivity contribution in [2.24, 2.45) is 5.73 Å². The van der Waals surface area contributed by atoms with E-state index in [-0.39, 0.29) is 17.5 Å². The first-order valence-electron chi connectivity index (χ1n) is 6.23. The minimum Gasteiger partial charge on any atom is -0.480 e. The molecule has 0 aromatic heterocycles. The van der Waals surface area contributed by atoms with E-state index in [2.05, 4.69) is 5.43 Å². The molecule has 2 amide bonds. The number of nitrogens with one attached hydrogen (secondary N) is 1. The second-order valence-corrected chi connectivity index (χ2v) is 4.44. The summed E-state index contributed by atoms with van der Waals surface area (Å²) >= 11 is 0. The molecule has 1 aliphatic heterocycles. The van der Waals surface area contributed by atoms with Crippen molar-refractivity contribution < 1.29 is 19.5 Å². The summed E-state index contributed by atoms with van der Waals surface area (Å²) < 4.78 is 0. The molecule has 1 heterocycles. The number of carbonyl (C=O) groups excluding carboxylic acids is 2. The average Bonchev–Trinajstić information content (AvgIpc) is 2.68. The van der Waals surface area contributed by atoms with Crippen LogP contribution in [0.4, 0.5) is 0 Å². The smallest absolute Gasteiger partial charge is 0.322 e. The molecular formula is C13H15N3O4. The zero-order valence-corrected chi connectivity index (χ0v) is 10.7. The maximum Gasteiger partial charge on any atom is 0.322 e. The summed E-state index contributed by atoms with van der Waals surface area (Å²) in [5.74, 6) is -2.20. The van der Waals surface area contributed by atoms with Crippen LogP contribution in [0.15, 0.2) is 24.3 Å². The fraction of sp³-hybridized carbons (Fsp3) is 0.308. The maximum absolute atomic E-state index is 12.1. The van der Waals surface area contributed by atoms with Gasteiger partial charge in [0.25, 0.3) is 11.8 Å². The summed E-state index contributed by atoms with van der Waals surface area (Å²) in [4.78, 5) is 35.3. The SMILES string of the molecule is NCCC[C@@H](NN1C(=O)c2ccccc2C1=O)C(=O)O. The quantitative estimate of drug-likeness (QED) is 0.630. The number of fused-ring (bicyclic) bond motifs is 1. The van der Waals surface area contributed by atoms with E-state index in [1.54, 1.807) is 12.1 Å². The van der Waals surface area contributed by atoms with Gasteiger partial charge < -0.3 is 10.8 Å². The van der Waals surface area contributed by atoms with Crippen LogP contribution < -0.4 is 11.2 Å². The minimum absolute atomic E-state index is 0.235. The number of amides is 2. The highest BCUT2D eigenvalue weighted by Gasteiger charge is 2.37. The molecule has 2 rings (SSSR count). The zero-order chi connectivity index (χ0) is 14.7. The highest BCUT2D eigenvalue weighted by atomic mass is 16.4. The van der Waals surface area contributed by atoms with Crippen molar-refractivity contribution in [3.05, 3.63) is 35.4 Å². The van der Waals surface area contributed by atoms with Gasteiger partial charge in [-0.3, -0.25) is 14.4 Å². The van der Waals surface area contributed by atoms with Crippen LogP contribution in [0.2, 0.25) is 0 Å². The molecule has 0 saturated carbocycles. The largest absolute Gasteiger partial charge is 0.480 e. The van der Waals surface area contributed by atoms with Gasteiger partial charge in [0.15, 0.2) is 0 Å². The second kappa shape index (κ2) is 5.81. The molecular weight excluding hydrogens is 262 g/mol. The van der Waals surface area contributed by atoms with Crippen LogP contribution in [0, 0.1) is 0 Å². The van der Waals surface area contributed by atoms with Gasteiger partial charge in [-0.05, 0) is 31.5 Å². The topological polar surface area (TPSA) is 113 Å². The van der Waals surface area contributed by atoms with Crippen LogP contribution in [0.3, 0.4) is 0 Å². The summed E-state index contributed by atoms with van der Waals surface area (Å²) in [7, 11) is 0. The number of hydrogen-bond donors (Lipinski definition) is 3. The number of hydrogen-bond acceptors (Lipinski definition) is 5. The van der Waals surface area contributed by atoms with E-state index in [4.69, 9.17) is 10.8 Å². The molecule has 4 N–H and O–H groups in total. The Morgan fingerprint density at radius 2 is 1.80 bits per heavy atom. The van der Waals surface area contributed by atoms with Gasteiger partial charge in [0.05, 0.1) is 11.1 Å². The molecule has 0 fully saturated rings. The van der Waals surface area contributed by atoms with Crippen molar-refractivity contribution in [3.63, 3.8) is 0 Å². The normalized spacial score (nSPS) is 15.3. The van der Waals surface area contributed by atoms with E-state index in [1.807, 2.05) is 0 Å². The predicted octanol–water partition coefficient (Wildman–Crippen LogP) is -0.0207. The van der Waals surface area contributed by atoms with E-state index in [1.165, 1.54) is 12.1 Å². The van der Waals surface area contributed by atoms with Gasteiger partial charge in [-0.1, -0.05) is 12.1 Å². The monoisotopic (exact) mass is 277 g/mol. The number of imide groups is 1. The predicted molar refractivity (Wildman–Crippen MR) is 69.8 cm³/mol. The molecule has 106 valence electrons. The fourth-order valence-electron chi connectivity index (χ4n) is 2.03. The van der Waals surface area contributed by atoms with Gasteiger partial charge in [0, 0.05) is 0 Å². The number of rotatable bonds is 6. The molecule has 0 unspecified atom stereocenters. The van der Waals surface area contributed by atoms with Crippen LogP contribution in [0.25, 0.3) is 0 Å². The van der Waals surface area contributed by atoms with Crippen molar-refractivity contribution in [2.75, 3.05) is 6.54 Å². The molecule has 1 aliphatic rings. The lowest BCUT2D eigenvalue weighted by Crippen LogP contribution is -2.51. The van der Waals surface area contributed by atoms with E-state index in [0.29, 0.717) is 13.0 Å². The van der Waals surface area contributed by atoms with Crippen molar-refractivity contribution in [2.45, 2.75) is 18.9 Å². The Labute approximate surface area is 115 Å². The minimum atomic E-state index is -1.13. The number of nitrogens with zero attached hydrogens (tertiary/aromatic N) is 1. The Balaban J connectivity index is 2.16. The first kappa shape index (κ1) is 14.2. The number of nitrogens with two attached hydrogens (primary N) is 1. The summed E-state index contributed by atoms with van der Waals surface area (Å²) in [6, 6.07) is 5.34. The fourth-order valence-corrected chi connectivity index (χ4v) is 2.03. The lowest BCUT2D eigenvalue weighted by atomic mass is 10.1. The van der Waals surface area contributed by atoms with Crippen LogP contribution >= 0.6 is 0 Å². The first-order valence-corrected chi connectivity index (χ1v) is 6.23. The lowest BCUT2D eigenvalue weighted by molar-refractivity contribution is -0.140. The number of benzene rings is 1. The van der Waals surface area contributed by atoms with E-state index in [9.17, 15) is 14.4 Å². The molecule has 0 saturated heterocycles.